The summed E-state index contributed by atoms with van der Waals surface area (Å²) in [5.41, 5.74) is 1.64. The maximum Gasteiger partial charge on any atom is 0.264 e. The first kappa shape index (κ1) is 21.0. The fourth-order valence-electron chi connectivity index (χ4n) is 2.38. The third-order valence-corrected chi connectivity index (χ3v) is 5.46. The van der Waals surface area contributed by atoms with Crippen LogP contribution in [-0.4, -0.2) is 40.3 Å². The molecule has 0 bridgehead atoms. The Balaban J connectivity index is 1.70. The van der Waals surface area contributed by atoms with Gasteiger partial charge in [0.1, 0.15) is 5.75 Å². The number of anilines is 1. The number of benzene rings is 1. The Labute approximate surface area is 176 Å². The molecule has 0 aliphatic carbocycles. The van der Waals surface area contributed by atoms with E-state index < -0.39 is 0 Å². The molecule has 0 atom stereocenters. The number of thiazole rings is 1. The van der Waals surface area contributed by atoms with Crippen LogP contribution >= 0.6 is 23.1 Å². The van der Waals surface area contributed by atoms with E-state index in [0.717, 1.165) is 16.1 Å². The highest BCUT2D eigenvalue weighted by molar-refractivity contribution is 8.18. The van der Waals surface area contributed by atoms with E-state index in [9.17, 15) is 9.59 Å². The van der Waals surface area contributed by atoms with Gasteiger partial charge in [0, 0.05) is 26.1 Å². The average molecular weight is 433 g/mol. The summed E-state index contributed by atoms with van der Waals surface area (Å²) in [6, 6.07) is 5.51. The summed E-state index contributed by atoms with van der Waals surface area (Å²) in [5, 5.41) is 15.2. The number of hydrogen-bond donors (Lipinski definition) is 3. The van der Waals surface area contributed by atoms with Crippen molar-refractivity contribution in [2.24, 2.45) is 4.99 Å². The third-order valence-electron chi connectivity index (χ3n) is 3.69. The molecule has 1 fully saturated rings. The van der Waals surface area contributed by atoms with Gasteiger partial charge in [0.2, 0.25) is 5.91 Å². The summed E-state index contributed by atoms with van der Waals surface area (Å²) >= 11 is 2.53. The number of nitrogens with one attached hydrogen (secondary N) is 2. The lowest BCUT2D eigenvalue weighted by atomic mass is 10.2. The minimum atomic E-state index is -0.232. The van der Waals surface area contributed by atoms with Crippen LogP contribution in [0.5, 0.6) is 5.75 Å². The van der Waals surface area contributed by atoms with Gasteiger partial charge in [-0.15, -0.1) is 0 Å². The molecule has 1 aliphatic rings. The Morgan fingerprint density at radius 3 is 3.00 bits per heavy atom. The fraction of sp³-hybridized carbons (Fsp3) is 0.263. The molecule has 3 rings (SSSR count). The van der Waals surface area contributed by atoms with Crippen LogP contribution in [0.3, 0.4) is 0 Å². The van der Waals surface area contributed by atoms with Crippen molar-refractivity contribution in [2.45, 2.75) is 20.3 Å². The van der Waals surface area contributed by atoms with Gasteiger partial charge in [-0.05, 0) is 48.5 Å². The number of aryl methyl sites for hydroxylation is 1. The van der Waals surface area contributed by atoms with Crippen LogP contribution in [0.1, 0.15) is 23.8 Å². The van der Waals surface area contributed by atoms with Gasteiger partial charge in [-0.2, -0.15) is 0 Å². The van der Waals surface area contributed by atoms with Crippen molar-refractivity contribution in [3.8, 4) is 5.75 Å². The highest BCUT2D eigenvalue weighted by Crippen LogP contribution is 2.31. The van der Waals surface area contributed by atoms with Crippen LogP contribution in [0.4, 0.5) is 10.8 Å². The summed E-state index contributed by atoms with van der Waals surface area (Å²) < 4.78 is 5.56. The number of amidine groups is 1. The van der Waals surface area contributed by atoms with Crippen molar-refractivity contribution in [2.75, 3.05) is 18.5 Å². The number of amides is 2. The van der Waals surface area contributed by atoms with E-state index in [-0.39, 0.29) is 18.4 Å². The molecule has 8 nitrogen and oxygen atoms in total. The molecule has 0 spiro atoms. The minimum absolute atomic E-state index is 0.0909. The molecule has 2 amide bonds. The zero-order chi connectivity index (χ0) is 20.8. The van der Waals surface area contributed by atoms with Gasteiger partial charge in [-0.1, -0.05) is 11.3 Å². The summed E-state index contributed by atoms with van der Waals surface area (Å²) in [7, 11) is 0. The Bertz CT molecular complexity index is 984. The van der Waals surface area contributed by atoms with Gasteiger partial charge in [0.25, 0.3) is 5.91 Å². The number of aromatic nitrogens is 1. The smallest absolute Gasteiger partial charge is 0.264 e. The summed E-state index contributed by atoms with van der Waals surface area (Å²) in [6.07, 6.45) is 3.90. The third kappa shape index (κ3) is 5.89. The van der Waals surface area contributed by atoms with Gasteiger partial charge in [0.05, 0.1) is 22.1 Å². The molecule has 2 heterocycles. The van der Waals surface area contributed by atoms with Crippen molar-refractivity contribution in [3.63, 3.8) is 0 Å². The second kappa shape index (κ2) is 9.68. The predicted molar refractivity (Wildman–Crippen MR) is 116 cm³/mol. The molecule has 1 aliphatic heterocycles. The number of hydrogen-bond acceptors (Lipinski definition) is 8. The Kier molecular flexibility index (Phi) is 7.02. The number of aliphatic hydroxyl groups is 1. The lowest BCUT2D eigenvalue weighted by molar-refractivity contribution is -0.115. The highest BCUT2D eigenvalue weighted by Gasteiger charge is 2.24. The molecule has 3 N–H and O–H groups in total. The second-order valence-corrected chi connectivity index (χ2v) is 8.20. The maximum atomic E-state index is 12.2. The molecule has 1 saturated heterocycles. The SMILES string of the molecule is CC(=O)Nc1ncc(/C=C2\S/C(=N\c3ccc(OCCCO)cc3C)NC2=O)s1. The number of carbonyl (C=O) groups is 2. The van der Waals surface area contributed by atoms with E-state index in [1.165, 1.54) is 30.0 Å². The summed E-state index contributed by atoms with van der Waals surface area (Å²) in [4.78, 5) is 33.2. The topological polar surface area (TPSA) is 113 Å². The molecule has 29 heavy (non-hydrogen) atoms. The van der Waals surface area contributed by atoms with Gasteiger partial charge < -0.3 is 20.5 Å². The molecule has 0 unspecified atom stereocenters. The molecule has 152 valence electrons. The van der Waals surface area contributed by atoms with E-state index in [0.29, 0.717) is 34.0 Å². The quantitative estimate of drug-likeness (QED) is 0.458. The molecule has 10 heteroatoms. The van der Waals surface area contributed by atoms with Gasteiger partial charge >= 0.3 is 0 Å². The van der Waals surface area contributed by atoms with E-state index in [2.05, 4.69) is 20.6 Å². The maximum absolute atomic E-state index is 12.2. The molecule has 0 saturated carbocycles. The normalized spacial score (nSPS) is 16.3. The van der Waals surface area contributed by atoms with Crippen LogP contribution in [0.2, 0.25) is 0 Å². The molecule has 1 aromatic carbocycles. The van der Waals surface area contributed by atoms with Crippen LogP contribution in [-0.2, 0) is 9.59 Å². The Morgan fingerprint density at radius 2 is 2.28 bits per heavy atom. The van der Waals surface area contributed by atoms with Gasteiger partial charge in [-0.25, -0.2) is 9.98 Å². The number of thioether (sulfide) groups is 1. The largest absolute Gasteiger partial charge is 0.493 e. The van der Waals surface area contributed by atoms with E-state index in [1.54, 1.807) is 12.3 Å². The Morgan fingerprint density at radius 1 is 1.45 bits per heavy atom. The number of carbonyl (C=O) groups excluding carboxylic acids is 2. The first-order valence-corrected chi connectivity index (χ1v) is 10.4. The monoisotopic (exact) mass is 432 g/mol. The van der Waals surface area contributed by atoms with Crippen molar-refractivity contribution in [3.05, 3.63) is 39.7 Å². The zero-order valence-corrected chi connectivity index (χ0v) is 17.5. The predicted octanol–water partition coefficient (Wildman–Crippen LogP) is 3.06. The first-order valence-electron chi connectivity index (χ1n) is 8.82. The first-order chi connectivity index (χ1) is 13.9. The number of nitrogens with zero attached hydrogens (tertiary/aromatic N) is 2. The minimum Gasteiger partial charge on any atom is -0.493 e. The van der Waals surface area contributed by atoms with E-state index >= 15 is 0 Å². The van der Waals surface area contributed by atoms with Crippen molar-refractivity contribution in [1.82, 2.24) is 10.3 Å². The summed E-state index contributed by atoms with van der Waals surface area (Å²) in [5.74, 6) is 0.287. The zero-order valence-electron chi connectivity index (χ0n) is 15.9. The summed E-state index contributed by atoms with van der Waals surface area (Å²) in [6.45, 7) is 3.87. The van der Waals surface area contributed by atoms with Crippen molar-refractivity contribution in [1.29, 1.82) is 0 Å². The van der Waals surface area contributed by atoms with Crippen LogP contribution in [0.15, 0.2) is 34.3 Å². The highest BCUT2D eigenvalue weighted by atomic mass is 32.2. The number of rotatable bonds is 7. The molecule has 0 radical (unpaired) electrons. The van der Waals surface area contributed by atoms with Gasteiger partial charge in [-0.3, -0.25) is 9.59 Å². The van der Waals surface area contributed by atoms with Crippen LogP contribution in [0.25, 0.3) is 6.08 Å². The van der Waals surface area contributed by atoms with Crippen LogP contribution < -0.4 is 15.4 Å². The number of aliphatic imine (C=N–C) groups is 1. The molecule has 2 aromatic rings. The molecular formula is C19H20N4O4S2. The standard InChI is InChI=1S/C19H20N4O4S2/c1-11-8-13(27-7-3-6-24)4-5-15(11)22-19-23-17(26)16(29-19)9-14-10-20-18(28-14)21-12(2)25/h4-5,8-10,24H,3,6-7H2,1-2H3,(H,20,21,25)(H,22,23,26)/b16-9-. The number of aliphatic hydroxyl groups excluding tert-OH is 1. The van der Waals surface area contributed by atoms with Gasteiger partial charge in [0.15, 0.2) is 10.3 Å². The van der Waals surface area contributed by atoms with Crippen molar-refractivity contribution < 1.29 is 19.4 Å². The van der Waals surface area contributed by atoms with Crippen LogP contribution in [0, 0.1) is 6.92 Å². The molecular weight excluding hydrogens is 412 g/mol. The van der Waals surface area contributed by atoms with E-state index in [4.69, 9.17) is 9.84 Å². The molecule has 1 aromatic heterocycles. The lowest BCUT2D eigenvalue weighted by Gasteiger charge is -2.07. The average Bonchev–Trinajstić information content (AvgIpc) is 3.23. The Hall–Kier alpha value is -2.69. The fourth-order valence-corrected chi connectivity index (χ4v) is 4.08. The second-order valence-electron chi connectivity index (χ2n) is 6.10. The van der Waals surface area contributed by atoms with E-state index in [1.807, 2.05) is 25.1 Å². The lowest BCUT2D eigenvalue weighted by Crippen LogP contribution is -2.19. The number of ether oxygens (including phenoxy) is 1. The van der Waals surface area contributed by atoms with Crippen molar-refractivity contribution >= 4 is 57.0 Å².